The smallest absolute Gasteiger partial charge is 0.251 e. The molecule has 1 heterocycles. The van der Waals surface area contributed by atoms with Gasteiger partial charge in [0.2, 0.25) is 0 Å². The Morgan fingerprint density at radius 3 is 2.73 bits per heavy atom. The first kappa shape index (κ1) is 15.4. The van der Waals surface area contributed by atoms with Gasteiger partial charge in [-0.2, -0.15) is 11.8 Å². The highest BCUT2D eigenvalue weighted by atomic mass is 32.2. The zero-order valence-electron chi connectivity index (χ0n) is 12.6. The van der Waals surface area contributed by atoms with E-state index in [4.69, 9.17) is 4.74 Å². The predicted molar refractivity (Wildman–Crippen MR) is 92.6 cm³/mol. The SMILES string of the molecule is O=C(NCCSC1CCOCC1)c1ccc2ccccc2c1. The van der Waals surface area contributed by atoms with Crippen LogP contribution < -0.4 is 5.32 Å². The van der Waals surface area contributed by atoms with Crippen LogP contribution in [0.1, 0.15) is 23.2 Å². The minimum Gasteiger partial charge on any atom is -0.381 e. The van der Waals surface area contributed by atoms with Gasteiger partial charge in [-0.25, -0.2) is 0 Å². The number of rotatable bonds is 5. The van der Waals surface area contributed by atoms with Crippen LogP contribution in [0.2, 0.25) is 0 Å². The Kier molecular flexibility index (Phi) is 5.35. The zero-order chi connectivity index (χ0) is 15.2. The molecule has 1 saturated heterocycles. The normalized spacial score (nSPS) is 15.8. The molecule has 0 atom stereocenters. The molecule has 3 rings (SSSR count). The molecule has 22 heavy (non-hydrogen) atoms. The number of carbonyl (C=O) groups excluding carboxylic acids is 1. The maximum Gasteiger partial charge on any atom is 0.251 e. The molecule has 116 valence electrons. The second-order valence-electron chi connectivity index (χ2n) is 5.50. The molecule has 4 heteroatoms. The van der Waals surface area contributed by atoms with Crippen LogP contribution in [0.4, 0.5) is 0 Å². The summed E-state index contributed by atoms with van der Waals surface area (Å²) in [5.74, 6) is 0.975. The summed E-state index contributed by atoms with van der Waals surface area (Å²) >= 11 is 1.94. The predicted octanol–water partition coefficient (Wildman–Crippen LogP) is 3.48. The number of hydrogen-bond donors (Lipinski definition) is 1. The lowest BCUT2D eigenvalue weighted by Gasteiger charge is -2.21. The summed E-state index contributed by atoms with van der Waals surface area (Å²) in [5.41, 5.74) is 0.731. The van der Waals surface area contributed by atoms with E-state index in [2.05, 4.69) is 11.4 Å². The lowest BCUT2D eigenvalue weighted by molar-refractivity contribution is 0.0955. The molecule has 0 unspecified atom stereocenters. The van der Waals surface area contributed by atoms with E-state index in [1.54, 1.807) is 0 Å². The summed E-state index contributed by atoms with van der Waals surface area (Å²) < 4.78 is 5.35. The standard InChI is InChI=1S/C18H21NO2S/c20-18(19-9-12-22-17-7-10-21-11-8-17)16-6-5-14-3-1-2-4-15(14)13-16/h1-6,13,17H,7-12H2,(H,19,20). The van der Waals surface area contributed by atoms with E-state index in [-0.39, 0.29) is 5.91 Å². The number of amides is 1. The molecule has 1 fully saturated rings. The van der Waals surface area contributed by atoms with E-state index in [9.17, 15) is 4.79 Å². The summed E-state index contributed by atoms with van der Waals surface area (Å²) in [6.45, 7) is 2.47. The first-order valence-corrected chi connectivity index (χ1v) is 8.84. The first-order valence-electron chi connectivity index (χ1n) is 7.79. The average Bonchev–Trinajstić information content (AvgIpc) is 2.59. The Labute approximate surface area is 135 Å². The van der Waals surface area contributed by atoms with E-state index in [0.29, 0.717) is 11.8 Å². The largest absolute Gasteiger partial charge is 0.381 e. The van der Waals surface area contributed by atoms with Crippen molar-refractivity contribution in [1.29, 1.82) is 0 Å². The van der Waals surface area contributed by atoms with Gasteiger partial charge in [-0.3, -0.25) is 4.79 Å². The molecule has 0 saturated carbocycles. The van der Waals surface area contributed by atoms with Crippen molar-refractivity contribution < 1.29 is 9.53 Å². The Hall–Kier alpha value is -1.52. The molecule has 2 aromatic carbocycles. The topological polar surface area (TPSA) is 38.3 Å². The molecule has 0 bridgehead atoms. The van der Waals surface area contributed by atoms with Gasteiger partial charge in [0.15, 0.2) is 0 Å². The first-order chi connectivity index (χ1) is 10.8. The quantitative estimate of drug-likeness (QED) is 0.859. The minimum atomic E-state index is 0.0123. The second kappa shape index (κ2) is 7.65. The Morgan fingerprint density at radius 1 is 1.14 bits per heavy atom. The van der Waals surface area contributed by atoms with E-state index >= 15 is 0 Å². The minimum absolute atomic E-state index is 0.0123. The van der Waals surface area contributed by atoms with Crippen molar-refractivity contribution in [1.82, 2.24) is 5.32 Å². The van der Waals surface area contributed by atoms with Gasteiger partial charge < -0.3 is 10.1 Å². The third kappa shape index (κ3) is 4.02. The van der Waals surface area contributed by atoms with Crippen molar-refractivity contribution in [2.75, 3.05) is 25.5 Å². The van der Waals surface area contributed by atoms with Crippen molar-refractivity contribution in [2.45, 2.75) is 18.1 Å². The van der Waals surface area contributed by atoms with Crippen LogP contribution in [0.5, 0.6) is 0 Å². The van der Waals surface area contributed by atoms with Crippen molar-refractivity contribution in [3.63, 3.8) is 0 Å². The average molecular weight is 315 g/mol. The van der Waals surface area contributed by atoms with Crippen LogP contribution >= 0.6 is 11.8 Å². The van der Waals surface area contributed by atoms with Gasteiger partial charge in [-0.1, -0.05) is 30.3 Å². The molecule has 3 nitrogen and oxygen atoms in total. The van der Waals surface area contributed by atoms with E-state index in [1.165, 1.54) is 0 Å². The van der Waals surface area contributed by atoms with E-state index in [1.807, 2.05) is 48.2 Å². The molecule has 0 radical (unpaired) electrons. The van der Waals surface area contributed by atoms with Gasteiger partial charge >= 0.3 is 0 Å². The molecular weight excluding hydrogens is 294 g/mol. The summed E-state index contributed by atoms with van der Waals surface area (Å²) in [7, 11) is 0. The lowest BCUT2D eigenvalue weighted by Crippen LogP contribution is -2.27. The van der Waals surface area contributed by atoms with Gasteiger partial charge in [0.25, 0.3) is 5.91 Å². The number of nitrogens with one attached hydrogen (secondary N) is 1. The highest BCUT2D eigenvalue weighted by Crippen LogP contribution is 2.21. The molecule has 0 aliphatic carbocycles. The van der Waals surface area contributed by atoms with Crippen LogP contribution in [-0.4, -0.2) is 36.7 Å². The van der Waals surface area contributed by atoms with Crippen molar-refractivity contribution in [3.8, 4) is 0 Å². The Morgan fingerprint density at radius 2 is 1.91 bits per heavy atom. The fourth-order valence-electron chi connectivity index (χ4n) is 2.67. The van der Waals surface area contributed by atoms with Gasteiger partial charge in [0, 0.05) is 36.3 Å². The fraction of sp³-hybridized carbons (Fsp3) is 0.389. The maximum atomic E-state index is 12.2. The highest BCUT2D eigenvalue weighted by molar-refractivity contribution is 7.99. The Balaban J connectivity index is 1.48. The number of thioether (sulfide) groups is 1. The number of fused-ring (bicyclic) bond motifs is 1. The zero-order valence-corrected chi connectivity index (χ0v) is 13.4. The van der Waals surface area contributed by atoms with Crippen LogP contribution in [0.3, 0.4) is 0 Å². The van der Waals surface area contributed by atoms with Gasteiger partial charge in [0.05, 0.1) is 0 Å². The number of hydrogen-bond acceptors (Lipinski definition) is 3. The van der Waals surface area contributed by atoms with Crippen molar-refractivity contribution in [3.05, 3.63) is 48.0 Å². The third-order valence-corrected chi connectivity index (χ3v) is 5.30. The second-order valence-corrected chi connectivity index (χ2v) is 6.91. The van der Waals surface area contributed by atoms with Crippen LogP contribution in [0.25, 0.3) is 10.8 Å². The molecule has 1 N–H and O–H groups in total. The molecule has 2 aromatic rings. The van der Waals surface area contributed by atoms with Gasteiger partial charge in [0.1, 0.15) is 0 Å². The number of benzene rings is 2. The summed E-state index contributed by atoms with van der Waals surface area (Å²) in [6.07, 6.45) is 2.26. The molecule has 1 aliphatic rings. The van der Waals surface area contributed by atoms with Crippen molar-refractivity contribution in [2.24, 2.45) is 0 Å². The molecule has 0 aromatic heterocycles. The van der Waals surface area contributed by atoms with Crippen molar-refractivity contribution >= 4 is 28.4 Å². The van der Waals surface area contributed by atoms with E-state index < -0.39 is 0 Å². The summed E-state index contributed by atoms with van der Waals surface area (Å²) in [5, 5.41) is 5.96. The van der Waals surface area contributed by atoms with Gasteiger partial charge in [-0.15, -0.1) is 0 Å². The van der Waals surface area contributed by atoms with Crippen LogP contribution in [0.15, 0.2) is 42.5 Å². The van der Waals surface area contributed by atoms with Gasteiger partial charge in [-0.05, 0) is 35.7 Å². The van der Waals surface area contributed by atoms with Crippen LogP contribution in [-0.2, 0) is 4.74 Å². The lowest BCUT2D eigenvalue weighted by atomic mass is 10.1. The summed E-state index contributed by atoms with van der Waals surface area (Å²) in [6, 6.07) is 13.9. The maximum absolute atomic E-state index is 12.2. The Bertz CT molecular complexity index is 638. The molecule has 1 amide bonds. The monoisotopic (exact) mass is 315 g/mol. The third-order valence-electron chi connectivity index (χ3n) is 3.92. The summed E-state index contributed by atoms with van der Waals surface area (Å²) in [4.78, 5) is 12.2. The molecule has 0 spiro atoms. The van der Waals surface area contributed by atoms with E-state index in [0.717, 1.165) is 48.1 Å². The number of ether oxygens (including phenoxy) is 1. The molecule has 1 aliphatic heterocycles. The fourth-order valence-corrected chi connectivity index (χ4v) is 3.74. The molecular formula is C18H21NO2S. The highest BCUT2D eigenvalue weighted by Gasteiger charge is 2.13. The van der Waals surface area contributed by atoms with Crippen LogP contribution in [0, 0.1) is 0 Å². The number of carbonyl (C=O) groups is 1.